The maximum Gasteiger partial charge on any atom is 0.101 e. The number of hydrogen-bond donors (Lipinski definition) is 2. The average molecular weight is 307 g/mol. The third kappa shape index (κ3) is 4.85. The fraction of sp³-hybridized carbons (Fsp3) is 0.350. The van der Waals surface area contributed by atoms with Crippen LogP contribution in [0.2, 0.25) is 0 Å². The molecule has 0 radical (unpaired) electrons. The molecule has 2 N–H and O–H groups in total. The Kier molecular flexibility index (Phi) is 5.68. The Morgan fingerprint density at radius 2 is 1.52 bits per heavy atom. The van der Waals surface area contributed by atoms with Gasteiger partial charge in [0.2, 0.25) is 0 Å². The number of hydrogen-bond acceptors (Lipinski definition) is 2. The van der Waals surface area contributed by atoms with Crippen LogP contribution in [0.15, 0.2) is 59.6 Å². The molecule has 120 valence electrons. The Hall–Kier alpha value is -2.29. The quantitative estimate of drug-likeness (QED) is 0.812. The number of nitrogens with zero attached hydrogens (tertiary/aromatic N) is 1. The van der Waals surface area contributed by atoms with E-state index in [0.29, 0.717) is 0 Å². The van der Waals surface area contributed by atoms with Gasteiger partial charge in [-0.25, -0.2) is 0 Å². The van der Waals surface area contributed by atoms with Crippen molar-refractivity contribution in [3.63, 3.8) is 0 Å². The third-order valence-electron chi connectivity index (χ3n) is 4.16. The molecule has 0 fully saturated rings. The van der Waals surface area contributed by atoms with E-state index in [1.807, 2.05) is 6.07 Å². The molecule has 1 aliphatic rings. The zero-order valence-corrected chi connectivity index (χ0v) is 13.6. The van der Waals surface area contributed by atoms with Crippen LogP contribution >= 0.6 is 0 Å². The van der Waals surface area contributed by atoms with Crippen molar-refractivity contribution in [2.75, 3.05) is 17.2 Å². The zero-order chi connectivity index (χ0) is 15.7. The second kappa shape index (κ2) is 8.37. The monoisotopic (exact) mass is 307 g/mol. The first kappa shape index (κ1) is 15.6. The summed E-state index contributed by atoms with van der Waals surface area (Å²) < 4.78 is 0. The summed E-state index contributed by atoms with van der Waals surface area (Å²) in [6.45, 7) is 1.77. The van der Waals surface area contributed by atoms with E-state index in [2.05, 4.69) is 59.2 Å². The largest absolute Gasteiger partial charge is 0.383 e. The molecule has 3 nitrogen and oxygen atoms in total. The van der Waals surface area contributed by atoms with Crippen LogP contribution in [0.1, 0.15) is 37.7 Å². The van der Waals surface area contributed by atoms with E-state index < -0.39 is 0 Å². The Balaban J connectivity index is 1.77. The lowest BCUT2D eigenvalue weighted by atomic mass is 10.1. The van der Waals surface area contributed by atoms with E-state index in [0.717, 1.165) is 31.0 Å². The Bertz CT molecular complexity index is 634. The fourth-order valence-corrected chi connectivity index (χ4v) is 2.85. The van der Waals surface area contributed by atoms with E-state index in [-0.39, 0.29) is 0 Å². The zero-order valence-electron chi connectivity index (χ0n) is 13.6. The highest BCUT2D eigenvalue weighted by Crippen LogP contribution is 2.23. The van der Waals surface area contributed by atoms with Gasteiger partial charge in [-0.05, 0) is 30.5 Å². The van der Waals surface area contributed by atoms with Gasteiger partial charge in [0.1, 0.15) is 5.84 Å². The predicted molar refractivity (Wildman–Crippen MR) is 99.2 cm³/mol. The number of anilines is 2. The Labute approximate surface area is 138 Å². The smallest absolute Gasteiger partial charge is 0.101 e. The first-order chi connectivity index (χ1) is 11.4. The second-order valence-corrected chi connectivity index (χ2v) is 6.01. The van der Waals surface area contributed by atoms with Crippen LogP contribution in [0.25, 0.3) is 0 Å². The molecule has 0 aliphatic carbocycles. The number of benzene rings is 2. The van der Waals surface area contributed by atoms with Gasteiger partial charge in [0.15, 0.2) is 0 Å². The van der Waals surface area contributed by atoms with Crippen LogP contribution < -0.4 is 10.6 Å². The van der Waals surface area contributed by atoms with Gasteiger partial charge < -0.3 is 10.6 Å². The summed E-state index contributed by atoms with van der Waals surface area (Å²) in [5, 5.41) is 7.09. The molecule has 0 atom stereocenters. The first-order valence-corrected chi connectivity index (χ1v) is 8.59. The summed E-state index contributed by atoms with van der Waals surface area (Å²) >= 11 is 0. The second-order valence-electron chi connectivity index (χ2n) is 6.01. The van der Waals surface area contributed by atoms with Gasteiger partial charge in [-0.1, -0.05) is 55.3 Å². The molecule has 3 rings (SSSR count). The lowest BCUT2D eigenvalue weighted by Crippen LogP contribution is -2.14. The van der Waals surface area contributed by atoms with Gasteiger partial charge in [0.25, 0.3) is 0 Å². The van der Waals surface area contributed by atoms with Crippen molar-refractivity contribution in [2.45, 2.75) is 38.6 Å². The summed E-state index contributed by atoms with van der Waals surface area (Å²) in [7, 11) is 0. The molecule has 1 aliphatic heterocycles. The maximum atomic E-state index is 4.83. The van der Waals surface area contributed by atoms with Crippen LogP contribution in [-0.4, -0.2) is 12.4 Å². The summed E-state index contributed by atoms with van der Waals surface area (Å²) in [6, 6.07) is 18.8. The van der Waals surface area contributed by atoms with Crippen LogP contribution in [0.4, 0.5) is 11.4 Å². The summed E-state index contributed by atoms with van der Waals surface area (Å²) in [5.41, 5.74) is 3.55. The van der Waals surface area contributed by atoms with Gasteiger partial charge in [0.05, 0.1) is 17.9 Å². The van der Waals surface area contributed by atoms with Gasteiger partial charge >= 0.3 is 0 Å². The van der Waals surface area contributed by atoms with Crippen molar-refractivity contribution in [2.24, 2.45) is 4.99 Å². The third-order valence-corrected chi connectivity index (χ3v) is 4.16. The van der Waals surface area contributed by atoms with Crippen molar-refractivity contribution < 1.29 is 0 Å². The van der Waals surface area contributed by atoms with Gasteiger partial charge in [-0.2, -0.15) is 0 Å². The maximum absolute atomic E-state index is 4.83. The molecule has 23 heavy (non-hydrogen) atoms. The molecule has 3 heteroatoms. The van der Waals surface area contributed by atoms with Crippen molar-refractivity contribution in [1.82, 2.24) is 0 Å². The highest BCUT2D eigenvalue weighted by Gasteiger charge is 2.07. The predicted octanol–water partition coefficient (Wildman–Crippen LogP) is 5.07. The Morgan fingerprint density at radius 1 is 0.783 bits per heavy atom. The minimum absolute atomic E-state index is 0.735. The van der Waals surface area contributed by atoms with E-state index in [1.54, 1.807) is 0 Å². The van der Waals surface area contributed by atoms with Crippen LogP contribution in [0.3, 0.4) is 0 Å². The summed E-state index contributed by atoms with van der Waals surface area (Å²) in [6.07, 6.45) is 5.99. The molecule has 0 aromatic heterocycles. The number of fused-ring (bicyclic) bond motifs is 1. The molecule has 0 amide bonds. The van der Waals surface area contributed by atoms with Crippen LogP contribution in [0, 0.1) is 0 Å². The van der Waals surface area contributed by atoms with E-state index in [9.17, 15) is 0 Å². The normalized spacial score (nSPS) is 17.5. The molecule has 0 spiro atoms. The number of aliphatic imine (C=N–C) groups is 1. The van der Waals surface area contributed by atoms with E-state index in [4.69, 9.17) is 4.99 Å². The first-order valence-electron chi connectivity index (χ1n) is 8.59. The van der Waals surface area contributed by atoms with Crippen molar-refractivity contribution in [1.29, 1.82) is 0 Å². The molecule has 1 heterocycles. The molecule has 0 saturated carbocycles. The molecule has 2 aromatic rings. The SMILES string of the molecule is c1ccc(CN=C2CCCCCCNc3ccccc3N2)cc1. The number of nitrogens with one attached hydrogen (secondary N) is 2. The Morgan fingerprint density at radius 3 is 2.39 bits per heavy atom. The number of para-hydroxylation sites is 2. The minimum Gasteiger partial charge on any atom is -0.383 e. The van der Waals surface area contributed by atoms with E-state index >= 15 is 0 Å². The molecule has 0 bridgehead atoms. The number of amidine groups is 1. The molecule has 2 aromatic carbocycles. The van der Waals surface area contributed by atoms with Gasteiger partial charge in [-0.15, -0.1) is 0 Å². The lowest BCUT2D eigenvalue weighted by Gasteiger charge is -2.14. The number of rotatable bonds is 2. The van der Waals surface area contributed by atoms with Crippen molar-refractivity contribution in [3.8, 4) is 0 Å². The average Bonchev–Trinajstić information content (AvgIpc) is 2.64. The fourth-order valence-electron chi connectivity index (χ4n) is 2.85. The lowest BCUT2D eigenvalue weighted by molar-refractivity contribution is 0.668. The summed E-state index contributed by atoms with van der Waals surface area (Å²) in [5.74, 6) is 1.09. The molecular weight excluding hydrogens is 282 g/mol. The van der Waals surface area contributed by atoms with Gasteiger partial charge in [-0.3, -0.25) is 4.99 Å². The molecule has 0 saturated heterocycles. The summed E-state index contributed by atoms with van der Waals surface area (Å²) in [4.78, 5) is 4.83. The highest BCUT2D eigenvalue weighted by atomic mass is 15.0. The highest BCUT2D eigenvalue weighted by molar-refractivity contribution is 5.98. The standard InChI is InChI=1S/C20H25N3/c1-2-9-15-21-18-12-7-8-13-19(18)23-20(14-6-1)22-16-17-10-4-3-5-11-17/h3-5,7-8,10-13,21H,1-2,6,9,14-16H2,(H,22,23). The van der Waals surface area contributed by atoms with Crippen LogP contribution in [0.5, 0.6) is 0 Å². The topological polar surface area (TPSA) is 36.4 Å². The van der Waals surface area contributed by atoms with Crippen molar-refractivity contribution in [3.05, 3.63) is 60.2 Å². The van der Waals surface area contributed by atoms with E-state index in [1.165, 1.54) is 36.9 Å². The molecule has 0 unspecified atom stereocenters. The minimum atomic E-state index is 0.735. The van der Waals surface area contributed by atoms with Crippen molar-refractivity contribution >= 4 is 17.2 Å². The molecular formula is C20H25N3. The van der Waals surface area contributed by atoms with Crippen LogP contribution in [-0.2, 0) is 6.54 Å². The van der Waals surface area contributed by atoms with Gasteiger partial charge in [0, 0.05) is 13.0 Å².